The van der Waals surface area contributed by atoms with Crippen LogP contribution < -0.4 is 4.74 Å². The summed E-state index contributed by atoms with van der Waals surface area (Å²) in [5.41, 5.74) is 2.09. The third-order valence-corrected chi connectivity index (χ3v) is 2.90. The summed E-state index contributed by atoms with van der Waals surface area (Å²) in [4.78, 5) is 0. The molecule has 3 aromatic rings. The van der Waals surface area contributed by atoms with E-state index in [0.29, 0.717) is 6.54 Å². The molecular formula is C16H15N3O. The predicted molar refractivity (Wildman–Crippen MR) is 76.8 cm³/mol. The summed E-state index contributed by atoms with van der Waals surface area (Å²) < 4.78 is 7.57. The summed E-state index contributed by atoms with van der Waals surface area (Å²) in [6.45, 7) is 2.65. The van der Waals surface area contributed by atoms with Crippen LogP contribution in [0.2, 0.25) is 0 Å². The summed E-state index contributed by atoms with van der Waals surface area (Å²) >= 11 is 0. The fourth-order valence-corrected chi connectivity index (χ4v) is 1.95. The van der Waals surface area contributed by atoms with Crippen molar-refractivity contribution >= 4 is 0 Å². The number of hydrogen-bond donors (Lipinski definition) is 0. The predicted octanol–water partition coefficient (Wildman–Crippen LogP) is 3.43. The highest BCUT2D eigenvalue weighted by molar-refractivity contribution is 5.32. The van der Waals surface area contributed by atoms with Crippen LogP contribution in [0, 0.1) is 6.92 Å². The molecule has 1 aromatic heterocycles. The van der Waals surface area contributed by atoms with Gasteiger partial charge in [-0.15, -0.1) is 5.10 Å². The second-order valence-corrected chi connectivity index (χ2v) is 4.62. The third-order valence-electron chi connectivity index (χ3n) is 2.90. The maximum Gasteiger partial charge on any atom is 0.127 e. The lowest BCUT2D eigenvalue weighted by atomic mass is 10.2. The Morgan fingerprint density at radius 2 is 1.65 bits per heavy atom. The number of aromatic nitrogens is 3. The SMILES string of the molecule is Cc1cn(Cc2ccc(Oc3ccccc3)cc2)nn1. The first-order chi connectivity index (χ1) is 9.79. The average Bonchev–Trinajstić information content (AvgIpc) is 2.88. The van der Waals surface area contributed by atoms with E-state index in [4.69, 9.17) is 4.74 Å². The van der Waals surface area contributed by atoms with Crippen molar-refractivity contribution in [2.24, 2.45) is 0 Å². The van der Waals surface area contributed by atoms with Gasteiger partial charge in [-0.25, -0.2) is 4.68 Å². The summed E-state index contributed by atoms with van der Waals surface area (Å²) in [5.74, 6) is 1.67. The van der Waals surface area contributed by atoms with Gasteiger partial charge in [-0.3, -0.25) is 0 Å². The fraction of sp³-hybridized carbons (Fsp3) is 0.125. The van der Waals surface area contributed by atoms with Crippen molar-refractivity contribution < 1.29 is 4.74 Å². The molecule has 0 aliphatic carbocycles. The molecule has 20 heavy (non-hydrogen) atoms. The molecule has 0 bridgehead atoms. The van der Waals surface area contributed by atoms with E-state index < -0.39 is 0 Å². The van der Waals surface area contributed by atoms with Crippen molar-refractivity contribution in [1.29, 1.82) is 0 Å². The fourth-order valence-electron chi connectivity index (χ4n) is 1.95. The Morgan fingerprint density at radius 1 is 0.950 bits per heavy atom. The van der Waals surface area contributed by atoms with Crippen molar-refractivity contribution in [2.45, 2.75) is 13.5 Å². The molecule has 1 heterocycles. The van der Waals surface area contributed by atoms with Crippen LogP contribution in [0.1, 0.15) is 11.3 Å². The standard InChI is InChI=1S/C16H15N3O/c1-13-11-19(18-17-13)12-14-7-9-16(10-8-14)20-15-5-3-2-4-6-15/h2-11H,12H2,1H3. The topological polar surface area (TPSA) is 39.9 Å². The molecule has 100 valence electrons. The first-order valence-corrected chi connectivity index (χ1v) is 6.48. The van der Waals surface area contributed by atoms with E-state index >= 15 is 0 Å². The Labute approximate surface area is 117 Å². The first kappa shape index (κ1) is 12.4. The number of rotatable bonds is 4. The third kappa shape index (κ3) is 3.03. The molecule has 3 rings (SSSR count). The van der Waals surface area contributed by atoms with Gasteiger partial charge >= 0.3 is 0 Å². The van der Waals surface area contributed by atoms with E-state index in [1.165, 1.54) is 0 Å². The quantitative estimate of drug-likeness (QED) is 0.725. The van der Waals surface area contributed by atoms with Crippen molar-refractivity contribution in [2.75, 3.05) is 0 Å². The lowest BCUT2D eigenvalue weighted by Gasteiger charge is -2.06. The molecule has 0 aliphatic heterocycles. The molecule has 4 nitrogen and oxygen atoms in total. The molecule has 0 spiro atoms. The molecule has 0 fully saturated rings. The normalized spacial score (nSPS) is 10.4. The second-order valence-electron chi connectivity index (χ2n) is 4.62. The van der Waals surface area contributed by atoms with E-state index in [0.717, 1.165) is 22.8 Å². The summed E-state index contributed by atoms with van der Waals surface area (Å²) in [7, 11) is 0. The van der Waals surface area contributed by atoms with E-state index in [1.54, 1.807) is 0 Å². The molecular weight excluding hydrogens is 250 g/mol. The number of nitrogens with zero attached hydrogens (tertiary/aromatic N) is 3. The van der Waals surface area contributed by atoms with Crippen LogP contribution in [-0.4, -0.2) is 15.0 Å². The van der Waals surface area contributed by atoms with Crippen LogP contribution in [-0.2, 0) is 6.54 Å². The number of ether oxygens (including phenoxy) is 1. The van der Waals surface area contributed by atoms with Crippen molar-refractivity contribution in [3.8, 4) is 11.5 Å². The van der Waals surface area contributed by atoms with Gasteiger partial charge in [-0.1, -0.05) is 35.5 Å². The molecule has 0 aliphatic rings. The van der Waals surface area contributed by atoms with Crippen LogP contribution in [0.5, 0.6) is 11.5 Å². The number of aryl methyl sites for hydroxylation is 1. The zero-order valence-electron chi connectivity index (χ0n) is 11.2. The van der Waals surface area contributed by atoms with Gasteiger partial charge in [0.1, 0.15) is 11.5 Å². The molecule has 4 heteroatoms. The average molecular weight is 265 g/mol. The van der Waals surface area contributed by atoms with E-state index in [2.05, 4.69) is 10.3 Å². The number of benzene rings is 2. The van der Waals surface area contributed by atoms with Crippen LogP contribution in [0.3, 0.4) is 0 Å². The Bertz CT molecular complexity index is 674. The summed E-state index contributed by atoms with van der Waals surface area (Å²) in [6.07, 6.45) is 1.92. The van der Waals surface area contributed by atoms with Crippen molar-refractivity contribution in [3.05, 3.63) is 72.1 Å². The Kier molecular flexibility index (Phi) is 3.46. The first-order valence-electron chi connectivity index (χ1n) is 6.48. The van der Waals surface area contributed by atoms with E-state index in [1.807, 2.05) is 72.4 Å². The Balaban J connectivity index is 1.68. The van der Waals surface area contributed by atoms with Gasteiger partial charge in [0.2, 0.25) is 0 Å². The molecule has 0 saturated carbocycles. The van der Waals surface area contributed by atoms with Crippen molar-refractivity contribution in [3.63, 3.8) is 0 Å². The van der Waals surface area contributed by atoms with Gasteiger partial charge in [-0.2, -0.15) is 0 Å². The van der Waals surface area contributed by atoms with Gasteiger partial charge in [-0.05, 0) is 36.8 Å². The van der Waals surface area contributed by atoms with Crippen LogP contribution in [0.4, 0.5) is 0 Å². The monoisotopic (exact) mass is 265 g/mol. The minimum atomic E-state index is 0.715. The summed E-state index contributed by atoms with van der Waals surface area (Å²) in [6, 6.07) is 17.8. The van der Waals surface area contributed by atoms with Gasteiger partial charge in [0.05, 0.1) is 12.2 Å². The van der Waals surface area contributed by atoms with Gasteiger partial charge < -0.3 is 4.74 Å². The lowest BCUT2D eigenvalue weighted by molar-refractivity contribution is 0.482. The zero-order chi connectivity index (χ0) is 13.8. The molecule has 0 amide bonds. The van der Waals surface area contributed by atoms with Crippen LogP contribution in [0.25, 0.3) is 0 Å². The molecule has 0 unspecified atom stereocenters. The highest BCUT2D eigenvalue weighted by atomic mass is 16.5. The molecule has 0 atom stereocenters. The smallest absolute Gasteiger partial charge is 0.127 e. The van der Waals surface area contributed by atoms with E-state index in [9.17, 15) is 0 Å². The Morgan fingerprint density at radius 3 is 2.30 bits per heavy atom. The highest BCUT2D eigenvalue weighted by Gasteiger charge is 2.00. The van der Waals surface area contributed by atoms with Crippen LogP contribution in [0.15, 0.2) is 60.8 Å². The molecule has 0 saturated heterocycles. The maximum atomic E-state index is 5.75. The van der Waals surface area contributed by atoms with E-state index in [-0.39, 0.29) is 0 Å². The second kappa shape index (κ2) is 5.57. The molecule has 2 aromatic carbocycles. The zero-order valence-corrected chi connectivity index (χ0v) is 11.2. The van der Waals surface area contributed by atoms with Gasteiger partial charge in [0.15, 0.2) is 0 Å². The molecule has 0 N–H and O–H groups in total. The van der Waals surface area contributed by atoms with Crippen LogP contribution >= 0.6 is 0 Å². The van der Waals surface area contributed by atoms with Gasteiger partial charge in [0.25, 0.3) is 0 Å². The maximum absolute atomic E-state index is 5.75. The van der Waals surface area contributed by atoms with Gasteiger partial charge in [0, 0.05) is 6.20 Å². The summed E-state index contributed by atoms with van der Waals surface area (Å²) in [5, 5.41) is 8.01. The minimum absolute atomic E-state index is 0.715. The molecule has 0 radical (unpaired) electrons. The highest BCUT2D eigenvalue weighted by Crippen LogP contribution is 2.21. The largest absolute Gasteiger partial charge is 0.457 e. The Hall–Kier alpha value is -2.62. The number of hydrogen-bond acceptors (Lipinski definition) is 3. The lowest BCUT2D eigenvalue weighted by Crippen LogP contribution is -2.00. The minimum Gasteiger partial charge on any atom is -0.457 e. The number of para-hydroxylation sites is 1. The van der Waals surface area contributed by atoms with Crippen molar-refractivity contribution in [1.82, 2.24) is 15.0 Å².